The first kappa shape index (κ1) is 19.2. The molecule has 0 bridgehead atoms. The van der Waals surface area contributed by atoms with Crippen LogP contribution in [0.25, 0.3) is 0 Å². The van der Waals surface area contributed by atoms with Gasteiger partial charge in [-0.25, -0.2) is 0 Å². The predicted octanol–water partition coefficient (Wildman–Crippen LogP) is 4.16. The lowest BCUT2D eigenvalue weighted by atomic mass is 9.78. The minimum absolute atomic E-state index is 0.0327. The van der Waals surface area contributed by atoms with Crippen molar-refractivity contribution in [2.75, 3.05) is 20.8 Å². The summed E-state index contributed by atoms with van der Waals surface area (Å²) >= 11 is 0. The Balaban J connectivity index is 2.04. The Kier molecular flexibility index (Phi) is 5.42. The van der Waals surface area contributed by atoms with Gasteiger partial charge in [0.2, 0.25) is 0 Å². The van der Waals surface area contributed by atoms with Gasteiger partial charge in [0.05, 0.1) is 14.2 Å². The van der Waals surface area contributed by atoms with Gasteiger partial charge in [-0.1, -0.05) is 19.1 Å². The summed E-state index contributed by atoms with van der Waals surface area (Å²) in [6, 6.07) is 5.72. The van der Waals surface area contributed by atoms with E-state index in [1.54, 1.807) is 26.4 Å². The summed E-state index contributed by atoms with van der Waals surface area (Å²) < 4.78 is 23.2. The molecule has 3 rings (SSSR count). The van der Waals surface area contributed by atoms with Crippen molar-refractivity contribution in [1.82, 2.24) is 0 Å². The molecule has 1 aromatic carbocycles. The van der Waals surface area contributed by atoms with Gasteiger partial charge in [0.1, 0.15) is 11.9 Å². The molecule has 1 aromatic rings. The van der Waals surface area contributed by atoms with Gasteiger partial charge < -0.3 is 18.9 Å². The van der Waals surface area contributed by atoms with E-state index in [2.05, 4.69) is 13.5 Å². The summed E-state index contributed by atoms with van der Waals surface area (Å²) in [7, 11) is 3.21. The van der Waals surface area contributed by atoms with Crippen molar-refractivity contribution < 1.29 is 23.7 Å². The Labute approximate surface area is 160 Å². The van der Waals surface area contributed by atoms with Gasteiger partial charge in [0.25, 0.3) is 0 Å². The van der Waals surface area contributed by atoms with E-state index in [9.17, 15) is 4.79 Å². The second-order valence-electron chi connectivity index (χ2n) is 6.70. The Hall–Kier alpha value is -2.53. The molecular formula is C22H26O5. The highest BCUT2D eigenvalue weighted by molar-refractivity contribution is 6.06. The molecule has 1 heterocycles. The summed E-state index contributed by atoms with van der Waals surface area (Å²) in [5.74, 6) is 1.77. The number of allylic oxidation sites excluding steroid dienone is 3. The van der Waals surface area contributed by atoms with Gasteiger partial charge in [-0.15, -0.1) is 6.58 Å². The van der Waals surface area contributed by atoms with Crippen LogP contribution in [0, 0.1) is 5.92 Å². The molecule has 0 unspecified atom stereocenters. The van der Waals surface area contributed by atoms with E-state index in [-0.39, 0.29) is 17.8 Å². The minimum atomic E-state index is -0.751. The van der Waals surface area contributed by atoms with Crippen LogP contribution in [-0.2, 0) is 14.3 Å². The zero-order valence-electron chi connectivity index (χ0n) is 16.3. The molecule has 0 saturated carbocycles. The average Bonchev–Trinajstić information content (AvgIpc) is 2.94. The topological polar surface area (TPSA) is 54.0 Å². The van der Waals surface area contributed by atoms with Crippen LogP contribution < -0.4 is 9.47 Å². The van der Waals surface area contributed by atoms with E-state index < -0.39 is 5.60 Å². The third-order valence-electron chi connectivity index (χ3n) is 5.22. The summed E-state index contributed by atoms with van der Waals surface area (Å²) in [6.45, 7) is 8.28. The first-order chi connectivity index (χ1) is 13.0. The van der Waals surface area contributed by atoms with Crippen LogP contribution in [0.2, 0.25) is 0 Å². The van der Waals surface area contributed by atoms with Crippen molar-refractivity contribution in [2.45, 2.75) is 32.0 Å². The third kappa shape index (κ3) is 3.16. The van der Waals surface area contributed by atoms with Crippen molar-refractivity contribution in [1.29, 1.82) is 0 Å². The largest absolute Gasteiger partial charge is 0.493 e. The molecule has 1 saturated heterocycles. The van der Waals surface area contributed by atoms with Crippen molar-refractivity contribution in [2.24, 2.45) is 5.92 Å². The fraction of sp³-hybridized carbons (Fsp3) is 0.409. The summed E-state index contributed by atoms with van der Waals surface area (Å²) in [5.41, 5.74) is 0.880. The summed E-state index contributed by atoms with van der Waals surface area (Å²) in [6.07, 6.45) is 5.45. The molecule has 1 aliphatic carbocycles. The third-order valence-corrected chi connectivity index (χ3v) is 5.22. The van der Waals surface area contributed by atoms with E-state index in [0.717, 1.165) is 5.56 Å². The number of hydrogen-bond acceptors (Lipinski definition) is 5. The maximum Gasteiger partial charge on any atom is 0.185 e. The number of benzene rings is 1. The van der Waals surface area contributed by atoms with Gasteiger partial charge in [-0.3, -0.25) is 4.79 Å². The highest BCUT2D eigenvalue weighted by Gasteiger charge is 2.54. The van der Waals surface area contributed by atoms with Crippen molar-refractivity contribution >= 4 is 5.78 Å². The van der Waals surface area contributed by atoms with E-state index >= 15 is 0 Å². The lowest BCUT2D eigenvalue weighted by Gasteiger charge is -2.32. The summed E-state index contributed by atoms with van der Waals surface area (Å²) in [5, 5.41) is 0. The maximum atomic E-state index is 12.4. The highest BCUT2D eigenvalue weighted by atomic mass is 16.6. The highest BCUT2D eigenvalue weighted by Crippen LogP contribution is 2.52. The fourth-order valence-electron chi connectivity index (χ4n) is 3.86. The molecule has 27 heavy (non-hydrogen) atoms. The normalized spacial score (nSPS) is 26.6. The molecule has 2 aliphatic rings. The second kappa shape index (κ2) is 7.61. The molecule has 0 aromatic heterocycles. The summed E-state index contributed by atoms with van der Waals surface area (Å²) in [4.78, 5) is 12.4. The molecule has 5 heteroatoms. The average molecular weight is 370 g/mol. The van der Waals surface area contributed by atoms with Gasteiger partial charge in [-0.05, 0) is 37.1 Å². The Morgan fingerprint density at radius 2 is 2.00 bits per heavy atom. The molecule has 0 spiro atoms. The fourth-order valence-corrected chi connectivity index (χ4v) is 3.86. The van der Waals surface area contributed by atoms with Crippen LogP contribution in [-0.4, -0.2) is 32.2 Å². The van der Waals surface area contributed by atoms with Crippen LogP contribution in [0.15, 0.2) is 54.3 Å². The van der Waals surface area contributed by atoms with Gasteiger partial charge in [0.15, 0.2) is 22.9 Å². The molecule has 0 amide bonds. The van der Waals surface area contributed by atoms with E-state index in [4.69, 9.17) is 18.9 Å². The minimum Gasteiger partial charge on any atom is -0.493 e. The first-order valence-electron chi connectivity index (χ1n) is 9.12. The zero-order valence-corrected chi connectivity index (χ0v) is 16.3. The molecule has 0 N–H and O–H groups in total. The Bertz CT molecular complexity index is 807. The lowest BCUT2D eigenvalue weighted by Crippen LogP contribution is -2.39. The second-order valence-corrected chi connectivity index (χ2v) is 6.70. The number of rotatable bonds is 7. The predicted molar refractivity (Wildman–Crippen MR) is 103 cm³/mol. The van der Waals surface area contributed by atoms with Crippen molar-refractivity contribution in [3.8, 4) is 11.5 Å². The smallest absolute Gasteiger partial charge is 0.185 e. The molecule has 1 aliphatic heterocycles. The van der Waals surface area contributed by atoms with Crippen LogP contribution in [0.5, 0.6) is 11.5 Å². The monoisotopic (exact) mass is 370 g/mol. The molecule has 1 fully saturated rings. The maximum absolute atomic E-state index is 12.4. The number of ether oxygens (including phenoxy) is 4. The standard InChI is InChI=1S/C22H26O5/c1-6-8-16-13-22(26-7-2)14(3)21(27-20(22)12-17(16)23)15-9-10-18(24-4)19(11-15)25-5/h6,9-14,21H,1,7-8H2,2-5H3/t14-,21-,22+/m0/s1. The van der Waals surface area contributed by atoms with Crippen LogP contribution >= 0.6 is 0 Å². The van der Waals surface area contributed by atoms with Crippen LogP contribution in [0.3, 0.4) is 0 Å². The quantitative estimate of drug-likeness (QED) is 0.675. The molecule has 144 valence electrons. The van der Waals surface area contributed by atoms with E-state index in [1.807, 2.05) is 31.2 Å². The van der Waals surface area contributed by atoms with Crippen molar-refractivity contribution in [3.05, 3.63) is 59.9 Å². The van der Waals surface area contributed by atoms with Crippen LogP contribution in [0.1, 0.15) is 31.9 Å². The van der Waals surface area contributed by atoms with Gasteiger partial charge in [-0.2, -0.15) is 0 Å². The number of fused-ring (bicyclic) bond motifs is 1. The number of ketones is 1. The Morgan fingerprint density at radius 1 is 1.26 bits per heavy atom. The lowest BCUT2D eigenvalue weighted by molar-refractivity contribution is -0.112. The molecule has 3 atom stereocenters. The number of carbonyl (C=O) groups excluding carboxylic acids is 1. The van der Waals surface area contributed by atoms with Crippen molar-refractivity contribution in [3.63, 3.8) is 0 Å². The first-order valence-corrected chi connectivity index (χ1v) is 9.12. The molecule has 5 nitrogen and oxygen atoms in total. The molecular weight excluding hydrogens is 344 g/mol. The number of carbonyl (C=O) groups is 1. The SMILES string of the molecule is C=CCC1=C[C@]2(OCC)C(=CC1=O)O[C@H](c1ccc(OC)c(OC)c1)[C@@H]2C. The number of hydrogen-bond donors (Lipinski definition) is 0. The zero-order chi connectivity index (χ0) is 19.6. The Morgan fingerprint density at radius 3 is 2.63 bits per heavy atom. The van der Waals surface area contributed by atoms with E-state index in [0.29, 0.717) is 35.9 Å². The van der Waals surface area contributed by atoms with Gasteiger partial charge in [0, 0.05) is 24.2 Å². The molecule has 0 radical (unpaired) electrons. The number of methoxy groups -OCH3 is 2. The van der Waals surface area contributed by atoms with E-state index in [1.165, 1.54) is 0 Å². The van der Waals surface area contributed by atoms with Gasteiger partial charge >= 0.3 is 0 Å². The van der Waals surface area contributed by atoms with Crippen LogP contribution in [0.4, 0.5) is 0 Å².